The van der Waals surface area contributed by atoms with Gasteiger partial charge in [-0.15, -0.1) is 6.58 Å². The lowest BCUT2D eigenvalue weighted by molar-refractivity contribution is -0.164. The third kappa shape index (κ3) is 4.11. The third-order valence-electron chi connectivity index (χ3n) is 2.73. The Bertz CT molecular complexity index is 607. The summed E-state index contributed by atoms with van der Waals surface area (Å²) in [6, 6.07) is 15.5. The second-order valence-electron chi connectivity index (χ2n) is 4.30. The topological polar surface area (TPSA) is 55.8 Å². The average molecular weight is 284 g/mol. The van der Waals surface area contributed by atoms with Gasteiger partial charge in [0, 0.05) is 0 Å². The van der Waals surface area contributed by atoms with Crippen molar-refractivity contribution in [1.29, 1.82) is 0 Å². The summed E-state index contributed by atoms with van der Waals surface area (Å²) in [6.07, 6.45) is 0.510. The maximum absolute atomic E-state index is 11.7. The van der Waals surface area contributed by atoms with Gasteiger partial charge in [0.15, 0.2) is 0 Å². The molecule has 4 nitrogen and oxygen atoms in total. The Hall–Kier alpha value is -2.75. The molecule has 4 heteroatoms. The smallest absolute Gasteiger partial charge is 0.312 e. The van der Waals surface area contributed by atoms with Crippen molar-refractivity contribution in [3.05, 3.63) is 72.8 Å². The van der Waals surface area contributed by atoms with Crippen molar-refractivity contribution in [2.45, 2.75) is 12.7 Å². The van der Waals surface area contributed by atoms with Crippen LogP contribution in [0.3, 0.4) is 0 Å². The molecule has 0 saturated heterocycles. The number of esters is 1. The highest BCUT2D eigenvalue weighted by molar-refractivity contribution is 5.71. The molecule has 0 aliphatic carbocycles. The van der Waals surface area contributed by atoms with Crippen LogP contribution < -0.4 is 4.74 Å². The Morgan fingerprint density at radius 2 is 1.81 bits per heavy atom. The molecule has 1 unspecified atom stereocenters. The Morgan fingerprint density at radius 1 is 1.14 bits per heavy atom. The van der Waals surface area contributed by atoms with Gasteiger partial charge in [0.05, 0.1) is 12.0 Å². The minimum absolute atomic E-state index is 0.00448. The highest BCUT2D eigenvalue weighted by Gasteiger charge is 2.21. The lowest BCUT2D eigenvalue weighted by atomic mass is 10.2. The van der Waals surface area contributed by atoms with Crippen LogP contribution in [0.25, 0.3) is 0 Å². The van der Waals surface area contributed by atoms with Crippen molar-refractivity contribution >= 4 is 5.97 Å². The van der Waals surface area contributed by atoms with E-state index in [2.05, 4.69) is 6.58 Å². The molecule has 0 bridgehead atoms. The number of ether oxygens (including phenoxy) is 2. The van der Waals surface area contributed by atoms with E-state index in [-0.39, 0.29) is 12.2 Å². The molecule has 2 aromatic rings. The first-order valence-electron chi connectivity index (χ1n) is 6.50. The van der Waals surface area contributed by atoms with Crippen LogP contribution in [0.15, 0.2) is 67.3 Å². The van der Waals surface area contributed by atoms with Crippen LogP contribution in [0.4, 0.5) is 0 Å². The lowest BCUT2D eigenvalue weighted by Crippen LogP contribution is -2.16. The molecule has 0 amide bonds. The van der Waals surface area contributed by atoms with Crippen LogP contribution in [0.5, 0.6) is 11.5 Å². The van der Waals surface area contributed by atoms with Crippen LogP contribution in [0, 0.1) is 0 Å². The Morgan fingerprint density at radius 3 is 2.48 bits per heavy atom. The molecular formula is C17H16O4. The van der Waals surface area contributed by atoms with Crippen molar-refractivity contribution in [3.8, 4) is 11.5 Å². The minimum atomic E-state index is -1.01. The summed E-state index contributed by atoms with van der Waals surface area (Å²) in [5.41, 5.74) is 0.388. The third-order valence-corrected chi connectivity index (χ3v) is 2.73. The summed E-state index contributed by atoms with van der Waals surface area (Å²) in [4.78, 5) is 11.7. The van der Waals surface area contributed by atoms with E-state index in [1.54, 1.807) is 30.3 Å². The van der Waals surface area contributed by atoms with Crippen molar-refractivity contribution in [2.24, 2.45) is 0 Å². The molecule has 0 heterocycles. The highest BCUT2D eigenvalue weighted by Crippen LogP contribution is 2.29. The lowest BCUT2D eigenvalue weighted by Gasteiger charge is -2.20. The summed E-state index contributed by atoms with van der Waals surface area (Å²) in [7, 11) is 0. The zero-order valence-corrected chi connectivity index (χ0v) is 11.4. The van der Waals surface area contributed by atoms with Crippen LogP contribution >= 0.6 is 0 Å². The summed E-state index contributed by atoms with van der Waals surface area (Å²) < 4.78 is 10.9. The first-order valence-corrected chi connectivity index (χ1v) is 6.50. The molecule has 21 heavy (non-hydrogen) atoms. The van der Waals surface area contributed by atoms with Gasteiger partial charge in [0.2, 0.25) is 0 Å². The van der Waals surface area contributed by atoms with Gasteiger partial charge >= 0.3 is 5.97 Å². The number of aromatic hydroxyl groups is 1. The monoisotopic (exact) mass is 284 g/mol. The fraction of sp³-hybridized carbons (Fsp3) is 0.118. The first-order chi connectivity index (χ1) is 10.2. The molecule has 108 valence electrons. The van der Waals surface area contributed by atoms with Crippen LogP contribution in [0.1, 0.15) is 18.3 Å². The summed E-state index contributed by atoms with van der Waals surface area (Å²) >= 11 is 0. The fourth-order valence-corrected chi connectivity index (χ4v) is 1.75. The number of hydrogen-bond donors (Lipinski definition) is 1. The van der Waals surface area contributed by atoms with Crippen LogP contribution in [-0.4, -0.2) is 11.1 Å². The number of benzene rings is 2. The van der Waals surface area contributed by atoms with Gasteiger partial charge in [-0.3, -0.25) is 4.79 Å². The van der Waals surface area contributed by atoms with Gasteiger partial charge < -0.3 is 14.6 Å². The molecule has 0 spiro atoms. The van der Waals surface area contributed by atoms with E-state index in [1.165, 1.54) is 12.1 Å². The molecule has 2 rings (SSSR count). The van der Waals surface area contributed by atoms with E-state index < -0.39 is 12.3 Å². The van der Waals surface area contributed by atoms with Gasteiger partial charge in [0.1, 0.15) is 11.5 Å². The molecule has 1 N–H and O–H groups in total. The molecule has 0 saturated carbocycles. The molecule has 2 aromatic carbocycles. The van der Waals surface area contributed by atoms with Crippen molar-refractivity contribution in [1.82, 2.24) is 0 Å². The number of para-hydroxylation sites is 2. The number of carbonyl (C=O) groups excluding carboxylic acids is 1. The summed E-state index contributed by atoms with van der Waals surface area (Å²) in [5.74, 6) is 0.0659. The van der Waals surface area contributed by atoms with Crippen molar-refractivity contribution in [3.63, 3.8) is 0 Å². The molecule has 0 radical (unpaired) electrons. The molecule has 1 atom stereocenters. The summed E-state index contributed by atoms with van der Waals surface area (Å²) in [5, 5.41) is 9.91. The largest absolute Gasteiger partial charge is 0.507 e. The second-order valence-corrected chi connectivity index (χ2v) is 4.30. The van der Waals surface area contributed by atoms with E-state index in [1.807, 2.05) is 18.2 Å². The zero-order valence-electron chi connectivity index (χ0n) is 11.4. The number of carbonyl (C=O) groups is 1. The first kappa shape index (κ1) is 14.7. The normalized spacial score (nSPS) is 11.4. The summed E-state index contributed by atoms with van der Waals surface area (Å²) in [6.45, 7) is 3.49. The number of phenolic OH excluding ortho intramolecular Hbond substituents is 1. The van der Waals surface area contributed by atoms with Crippen molar-refractivity contribution < 1.29 is 19.4 Å². The minimum Gasteiger partial charge on any atom is -0.507 e. The van der Waals surface area contributed by atoms with Gasteiger partial charge in [0.25, 0.3) is 6.29 Å². The Kier molecular flexibility index (Phi) is 4.99. The molecule has 0 fully saturated rings. The van der Waals surface area contributed by atoms with E-state index in [0.717, 1.165) is 0 Å². The molecule has 0 aliphatic heterocycles. The zero-order chi connectivity index (χ0) is 15.1. The molecule has 0 aromatic heterocycles. The fourth-order valence-electron chi connectivity index (χ4n) is 1.75. The predicted molar refractivity (Wildman–Crippen MR) is 78.8 cm³/mol. The van der Waals surface area contributed by atoms with Crippen molar-refractivity contribution in [2.75, 3.05) is 0 Å². The quantitative estimate of drug-likeness (QED) is 0.500. The molecular weight excluding hydrogens is 268 g/mol. The SMILES string of the molecule is C=CCC(=O)OC(Oc1ccccc1)c1ccccc1O. The second kappa shape index (κ2) is 7.14. The van der Waals surface area contributed by atoms with E-state index in [4.69, 9.17) is 9.47 Å². The van der Waals surface area contributed by atoms with E-state index in [9.17, 15) is 9.90 Å². The standard InChI is InChI=1S/C17H16O4/c1-2-8-16(19)21-17(14-11-6-7-12-15(14)18)20-13-9-4-3-5-10-13/h2-7,9-12,17-18H,1,8H2. The number of phenols is 1. The van der Waals surface area contributed by atoms with Gasteiger partial charge in [-0.05, 0) is 24.3 Å². The Labute approximate surface area is 123 Å². The Balaban J connectivity index is 2.24. The van der Waals surface area contributed by atoms with Gasteiger partial charge in [-0.1, -0.05) is 36.4 Å². The maximum Gasteiger partial charge on any atom is 0.312 e. The molecule has 0 aliphatic rings. The number of rotatable bonds is 6. The maximum atomic E-state index is 11.7. The van der Waals surface area contributed by atoms with E-state index >= 15 is 0 Å². The van der Waals surface area contributed by atoms with Crippen LogP contribution in [0.2, 0.25) is 0 Å². The van der Waals surface area contributed by atoms with Gasteiger partial charge in [-0.25, -0.2) is 0 Å². The van der Waals surface area contributed by atoms with Gasteiger partial charge in [-0.2, -0.15) is 0 Å². The number of hydrogen-bond acceptors (Lipinski definition) is 4. The highest BCUT2D eigenvalue weighted by atomic mass is 16.7. The predicted octanol–water partition coefficient (Wildman–Crippen LogP) is 3.59. The average Bonchev–Trinajstić information content (AvgIpc) is 2.48. The van der Waals surface area contributed by atoms with E-state index in [0.29, 0.717) is 11.3 Å². The van der Waals surface area contributed by atoms with Crippen LogP contribution in [-0.2, 0) is 9.53 Å².